The van der Waals surface area contributed by atoms with E-state index in [4.69, 9.17) is 5.73 Å². The summed E-state index contributed by atoms with van der Waals surface area (Å²) < 4.78 is 0. The Morgan fingerprint density at radius 2 is 1.81 bits per heavy atom. The van der Waals surface area contributed by atoms with Crippen LogP contribution in [0.1, 0.15) is 46.0 Å². The molecule has 16 heavy (non-hydrogen) atoms. The van der Waals surface area contributed by atoms with E-state index in [1.165, 1.54) is 0 Å². The number of amides is 1. The first-order valence-electron chi connectivity index (χ1n) is 6.20. The lowest BCUT2D eigenvalue weighted by molar-refractivity contribution is -0.133. The first-order chi connectivity index (χ1) is 7.17. The summed E-state index contributed by atoms with van der Waals surface area (Å²) >= 11 is 0. The number of rotatable bonds is 4. The molecule has 1 heterocycles. The fourth-order valence-corrected chi connectivity index (χ4v) is 2.10. The van der Waals surface area contributed by atoms with Crippen LogP contribution in [0.3, 0.4) is 0 Å². The molecule has 0 radical (unpaired) electrons. The van der Waals surface area contributed by atoms with Crippen LogP contribution >= 0.6 is 12.4 Å². The molecule has 0 aromatic heterocycles. The summed E-state index contributed by atoms with van der Waals surface area (Å²) in [6.45, 7) is 6.04. The van der Waals surface area contributed by atoms with E-state index in [9.17, 15) is 4.79 Å². The Morgan fingerprint density at radius 1 is 1.31 bits per heavy atom. The van der Waals surface area contributed by atoms with Crippen LogP contribution in [-0.4, -0.2) is 29.9 Å². The number of hydrogen-bond donors (Lipinski definition) is 1. The lowest BCUT2D eigenvalue weighted by Gasteiger charge is -2.31. The van der Waals surface area contributed by atoms with Crippen molar-refractivity contribution < 1.29 is 4.79 Å². The van der Waals surface area contributed by atoms with Gasteiger partial charge < -0.3 is 10.6 Å². The maximum atomic E-state index is 11.9. The van der Waals surface area contributed by atoms with E-state index in [-0.39, 0.29) is 12.4 Å². The molecule has 96 valence electrons. The highest BCUT2D eigenvalue weighted by molar-refractivity contribution is 5.85. The predicted octanol–water partition coefficient (Wildman–Crippen LogP) is 2.18. The van der Waals surface area contributed by atoms with Gasteiger partial charge in [0.1, 0.15) is 0 Å². The Hall–Kier alpha value is -0.280. The highest BCUT2D eigenvalue weighted by Gasteiger charge is 2.21. The van der Waals surface area contributed by atoms with Crippen molar-refractivity contribution in [3.8, 4) is 0 Å². The number of nitrogens with two attached hydrogens (primary N) is 1. The third-order valence-corrected chi connectivity index (χ3v) is 3.51. The van der Waals surface area contributed by atoms with Crippen molar-refractivity contribution in [1.29, 1.82) is 0 Å². The van der Waals surface area contributed by atoms with Crippen molar-refractivity contribution in [2.24, 2.45) is 11.7 Å². The molecule has 0 spiro atoms. The van der Waals surface area contributed by atoms with Crippen LogP contribution in [0.15, 0.2) is 0 Å². The summed E-state index contributed by atoms with van der Waals surface area (Å²) in [6, 6.07) is 0.308. The predicted molar refractivity (Wildman–Crippen MR) is 69.7 cm³/mol. The number of nitrogens with zero attached hydrogens (tertiary/aromatic N) is 1. The molecule has 0 aromatic carbocycles. The van der Waals surface area contributed by atoms with Gasteiger partial charge in [0.2, 0.25) is 5.91 Å². The molecule has 1 aliphatic rings. The molecule has 0 atom stereocenters. The maximum Gasteiger partial charge on any atom is 0.222 e. The molecular formula is C12H25ClN2O. The van der Waals surface area contributed by atoms with Gasteiger partial charge in [0, 0.05) is 25.6 Å². The van der Waals surface area contributed by atoms with Gasteiger partial charge in [0.05, 0.1) is 0 Å². The van der Waals surface area contributed by atoms with Crippen molar-refractivity contribution in [1.82, 2.24) is 4.90 Å². The van der Waals surface area contributed by atoms with E-state index in [1.54, 1.807) is 0 Å². The first kappa shape index (κ1) is 15.7. The van der Waals surface area contributed by atoms with Crippen LogP contribution in [0.25, 0.3) is 0 Å². The Bertz CT molecular complexity index is 199. The highest BCUT2D eigenvalue weighted by atomic mass is 35.5. The highest BCUT2D eigenvalue weighted by Crippen LogP contribution is 2.16. The van der Waals surface area contributed by atoms with Gasteiger partial charge in [-0.15, -0.1) is 12.4 Å². The summed E-state index contributed by atoms with van der Waals surface area (Å²) in [5, 5.41) is 0. The van der Waals surface area contributed by atoms with Crippen LogP contribution in [0.2, 0.25) is 0 Å². The van der Waals surface area contributed by atoms with Gasteiger partial charge in [-0.2, -0.15) is 0 Å². The van der Waals surface area contributed by atoms with E-state index in [0.29, 0.717) is 17.9 Å². The van der Waals surface area contributed by atoms with Gasteiger partial charge in [-0.05, 0) is 18.8 Å². The summed E-state index contributed by atoms with van der Waals surface area (Å²) in [5.74, 6) is 0.892. The van der Waals surface area contributed by atoms with Crippen LogP contribution in [0, 0.1) is 5.92 Å². The molecule has 2 N–H and O–H groups in total. The monoisotopic (exact) mass is 248 g/mol. The summed E-state index contributed by atoms with van der Waals surface area (Å²) in [4.78, 5) is 13.9. The first-order valence-corrected chi connectivity index (χ1v) is 6.20. The zero-order valence-electron chi connectivity index (χ0n) is 10.4. The fraction of sp³-hybridized carbons (Fsp3) is 0.917. The number of carbonyl (C=O) groups is 1. The largest absolute Gasteiger partial charge is 0.343 e. The molecule has 0 unspecified atom stereocenters. The number of hydrogen-bond acceptors (Lipinski definition) is 2. The van der Waals surface area contributed by atoms with Gasteiger partial charge in [0.15, 0.2) is 0 Å². The zero-order chi connectivity index (χ0) is 11.3. The number of carbonyl (C=O) groups excluding carboxylic acids is 1. The second-order valence-corrected chi connectivity index (χ2v) is 4.60. The van der Waals surface area contributed by atoms with E-state index < -0.39 is 0 Å². The minimum Gasteiger partial charge on any atom is -0.343 e. The average Bonchev–Trinajstić information content (AvgIpc) is 2.26. The van der Waals surface area contributed by atoms with Crippen LogP contribution in [0.5, 0.6) is 0 Å². The quantitative estimate of drug-likeness (QED) is 0.829. The zero-order valence-corrected chi connectivity index (χ0v) is 11.3. The molecule has 0 saturated carbocycles. The Kier molecular flexibility index (Phi) is 7.77. The molecule has 0 aliphatic carbocycles. The normalized spacial score (nSPS) is 17.4. The van der Waals surface area contributed by atoms with Crippen molar-refractivity contribution in [3.05, 3.63) is 0 Å². The molecule has 1 fully saturated rings. The average molecular weight is 249 g/mol. The lowest BCUT2D eigenvalue weighted by Crippen LogP contribution is -2.43. The molecule has 3 nitrogen and oxygen atoms in total. The van der Waals surface area contributed by atoms with Crippen molar-refractivity contribution in [2.75, 3.05) is 13.1 Å². The third-order valence-electron chi connectivity index (χ3n) is 3.51. The number of halogens is 1. The summed E-state index contributed by atoms with van der Waals surface area (Å²) in [6.07, 6.45) is 4.87. The Morgan fingerprint density at radius 3 is 2.25 bits per heavy atom. The second-order valence-electron chi connectivity index (χ2n) is 4.60. The third kappa shape index (κ3) is 4.71. The minimum atomic E-state index is 0. The Balaban J connectivity index is 0.00000225. The standard InChI is InChI=1S/C12H24N2O.ClH/c1-3-10(4-2)9-12(15)14-7-5-11(13)6-8-14;/h10-11H,3-9,13H2,1-2H3;1H. The van der Waals surface area contributed by atoms with Gasteiger partial charge in [-0.3, -0.25) is 4.79 Å². The van der Waals surface area contributed by atoms with Crippen molar-refractivity contribution in [2.45, 2.75) is 52.0 Å². The summed E-state index contributed by atoms with van der Waals surface area (Å²) in [5.41, 5.74) is 5.81. The van der Waals surface area contributed by atoms with Crippen molar-refractivity contribution in [3.63, 3.8) is 0 Å². The lowest BCUT2D eigenvalue weighted by atomic mass is 9.97. The molecule has 1 saturated heterocycles. The van der Waals surface area contributed by atoms with E-state index >= 15 is 0 Å². The van der Waals surface area contributed by atoms with E-state index in [1.807, 2.05) is 4.90 Å². The fourth-order valence-electron chi connectivity index (χ4n) is 2.10. The van der Waals surface area contributed by atoms with Crippen LogP contribution < -0.4 is 5.73 Å². The topological polar surface area (TPSA) is 46.3 Å². The van der Waals surface area contributed by atoms with Gasteiger partial charge in [-0.1, -0.05) is 26.7 Å². The van der Waals surface area contributed by atoms with Crippen LogP contribution in [-0.2, 0) is 4.79 Å². The van der Waals surface area contributed by atoms with Gasteiger partial charge in [-0.25, -0.2) is 0 Å². The van der Waals surface area contributed by atoms with E-state index in [0.717, 1.165) is 45.2 Å². The van der Waals surface area contributed by atoms with Gasteiger partial charge in [0.25, 0.3) is 0 Å². The molecule has 4 heteroatoms. The van der Waals surface area contributed by atoms with Gasteiger partial charge >= 0.3 is 0 Å². The Labute approximate surface area is 105 Å². The molecule has 1 amide bonds. The van der Waals surface area contributed by atoms with E-state index in [2.05, 4.69) is 13.8 Å². The molecular weight excluding hydrogens is 224 g/mol. The smallest absolute Gasteiger partial charge is 0.222 e. The van der Waals surface area contributed by atoms with Crippen LogP contribution in [0.4, 0.5) is 0 Å². The number of likely N-dealkylation sites (tertiary alicyclic amines) is 1. The molecule has 0 bridgehead atoms. The molecule has 0 aromatic rings. The summed E-state index contributed by atoms with van der Waals surface area (Å²) in [7, 11) is 0. The SMILES string of the molecule is CCC(CC)CC(=O)N1CCC(N)CC1.Cl. The molecule has 1 rings (SSSR count). The maximum absolute atomic E-state index is 11.9. The minimum absolute atomic E-state index is 0. The number of piperidine rings is 1. The molecule has 1 aliphatic heterocycles. The second kappa shape index (κ2) is 7.91. The van der Waals surface area contributed by atoms with Crippen molar-refractivity contribution >= 4 is 18.3 Å².